The number of anilines is 5. The molecule has 0 atom stereocenters. The molecule has 66 heavy (non-hydrogen) atoms. The summed E-state index contributed by atoms with van der Waals surface area (Å²) in [7, 11) is 0. The molecule has 2 aliphatic heterocycles. The number of rotatable bonds is 5. The second-order valence-corrected chi connectivity index (χ2v) is 21.2. The molecule has 0 spiro atoms. The highest BCUT2D eigenvalue weighted by Crippen LogP contribution is 2.53. The van der Waals surface area contributed by atoms with E-state index in [-0.39, 0.29) is 23.1 Å². The lowest BCUT2D eigenvalue weighted by atomic mass is 9.43. The molecule has 9 aromatic rings. The molecule has 0 saturated carbocycles. The van der Waals surface area contributed by atoms with Crippen molar-refractivity contribution < 1.29 is 4.42 Å². The molecule has 4 heteroatoms. The number of hydrogen-bond donors (Lipinski definition) is 0. The van der Waals surface area contributed by atoms with E-state index >= 15 is 0 Å². The SMILES string of the molecule is CC(C)(C)c1ccc(N2c3cc(-c4ccccc4)cc4c3B(c3c2oc2ccccc32)N(c2ccc3c(c2)C(C)(C)CCC3(C)C)c2cc(-c3ccccc3)ccc2-4)c(-c2ccccc2)c1. The molecule has 322 valence electrons. The first-order valence-electron chi connectivity index (χ1n) is 23.7. The maximum absolute atomic E-state index is 7.36. The number of para-hydroxylation sites is 1. The number of furan rings is 1. The van der Waals surface area contributed by atoms with Crippen molar-refractivity contribution in [2.75, 3.05) is 9.71 Å². The van der Waals surface area contributed by atoms with E-state index in [9.17, 15) is 0 Å². The largest absolute Gasteiger partial charge is 0.440 e. The van der Waals surface area contributed by atoms with Crippen LogP contribution in [0.3, 0.4) is 0 Å². The van der Waals surface area contributed by atoms with Gasteiger partial charge in [-0.1, -0.05) is 182 Å². The Kier molecular flexibility index (Phi) is 9.04. The molecule has 0 amide bonds. The minimum Gasteiger partial charge on any atom is -0.440 e. The summed E-state index contributed by atoms with van der Waals surface area (Å²) in [5.74, 6) is 0.859. The van der Waals surface area contributed by atoms with Gasteiger partial charge < -0.3 is 9.23 Å². The lowest BCUT2D eigenvalue weighted by Gasteiger charge is -2.46. The molecule has 12 rings (SSSR count). The first kappa shape index (κ1) is 40.5. The van der Waals surface area contributed by atoms with Crippen LogP contribution in [0.2, 0.25) is 0 Å². The molecule has 0 bridgehead atoms. The third-order valence-corrected chi connectivity index (χ3v) is 15.1. The Labute approximate surface area is 390 Å². The van der Waals surface area contributed by atoms with Crippen LogP contribution < -0.4 is 20.6 Å². The third kappa shape index (κ3) is 6.32. The predicted molar refractivity (Wildman–Crippen MR) is 280 cm³/mol. The zero-order valence-corrected chi connectivity index (χ0v) is 39.1. The van der Waals surface area contributed by atoms with E-state index in [2.05, 4.69) is 240 Å². The molecular formula is C62H55BN2O. The van der Waals surface area contributed by atoms with Crippen molar-refractivity contribution in [2.45, 2.75) is 77.6 Å². The van der Waals surface area contributed by atoms with E-state index in [0.717, 1.165) is 34.6 Å². The molecule has 3 nitrogen and oxygen atoms in total. The maximum Gasteiger partial charge on any atom is 0.337 e. The molecule has 1 aliphatic carbocycles. The Hall–Kier alpha value is -7.04. The Morgan fingerprint density at radius 3 is 1.79 bits per heavy atom. The fraction of sp³-hybridized carbons (Fsp3) is 0.194. The quantitative estimate of drug-likeness (QED) is 0.161. The summed E-state index contributed by atoms with van der Waals surface area (Å²) in [5, 5.41) is 1.13. The van der Waals surface area contributed by atoms with Gasteiger partial charge >= 0.3 is 6.85 Å². The topological polar surface area (TPSA) is 19.6 Å². The monoisotopic (exact) mass is 854 g/mol. The molecule has 0 radical (unpaired) electrons. The third-order valence-electron chi connectivity index (χ3n) is 15.1. The molecule has 3 aliphatic rings. The summed E-state index contributed by atoms with van der Waals surface area (Å²) < 4.78 is 7.36. The van der Waals surface area contributed by atoms with Gasteiger partial charge in [-0.15, -0.1) is 0 Å². The van der Waals surface area contributed by atoms with Gasteiger partial charge in [-0.3, -0.25) is 4.90 Å². The molecule has 8 aromatic carbocycles. The van der Waals surface area contributed by atoms with E-state index in [1.807, 2.05) is 0 Å². The van der Waals surface area contributed by atoms with E-state index in [1.54, 1.807) is 0 Å². The van der Waals surface area contributed by atoms with Crippen molar-refractivity contribution in [3.05, 3.63) is 199 Å². The van der Waals surface area contributed by atoms with Crippen LogP contribution in [-0.2, 0) is 16.2 Å². The first-order valence-corrected chi connectivity index (χ1v) is 23.7. The summed E-state index contributed by atoms with van der Waals surface area (Å²) in [6.07, 6.45) is 2.32. The van der Waals surface area contributed by atoms with Crippen LogP contribution in [0.25, 0.3) is 55.5 Å². The molecule has 0 fully saturated rings. The standard InChI is InChI=1S/C62H55BN2O/c1-60(2,3)45-28-32-53(49(38-45)42-23-15-10-16-24-42)64-55-37-44(41-21-13-9-14-22-41)35-50-47-30-27-43(40-19-11-8-12-20-40)36-54(47)65(46-29-31-51-52(39-46)62(6,7)34-33-61(51,4)5)63(57(50)55)58-48-25-17-18-26-56(48)66-59(58)64/h8-32,35-39H,33-34H2,1-7H3. The van der Waals surface area contributed by atoms with Gasteiger partial charge in [-0.05, 0) is 133 Å². The Bertz CT molecular complexity index is 3360. The van der Waals surface area contributed by atoms with Gasteiger partial charge in [0.1, 0.15) is 5.58 Å². The van der Waals surface area contributed by atoms with Gasteiger partial charge in [0.25, 0.3) is 0 Å². The van der Waals surface area contributed by atoms with Gasteiger partial charge in [0, 0.05) is 39.0 Å². The number of nitrogens with zero attached hydrogens (tertiary/aromatic N) is 2. The second kappa shape index (κ2) is 14.7. The lowest BCUT2D eigenvalue weighted by molar-refractivity contribution is 0.332. The van der Waals surface area contributed by atoms with Crippen LogP contribution in [0, 0.1) is 0 Å². The zero-order valence-electron chi connectivity index (χ0n) is 39.1. The maximum atomic E-state index is 7.36. The first-order chi connectivity index (χ1) is 31.9. The molecule has 3 heterocycles. The van der Waals surface area contributed by atoms with Gasteiger partial charge in [-0.2, -0.15) is 0 Å². The van der Waals surface area contributed by atoms with Gasteiger partial charge in [0.2, 0.25) is 5.88 Å². The van der Waals surface area contributed by atoms with E-state index < -0.39 is 0 Å². The van der Waals surface area contributed by atoms with E-state index in [0.29, 0.717) is 0 Å². The van der Waals surface area contributed by atoms with Crippen LogP contribution in [0.1, 0.15) is 78.0 Å². The molecule has 1 aromatic heterocycles. The lowest BCUT2D eigenvalue weighted by Crippen LogP contribution is -2.61. The fourth-order valence-corrected chi connectivity index (χ4v) is 11.3. The zero-order chi connectivity index (χ0) is 45.1. The average Bonchev–Trinajstić information content (AvgIpc) is 3.72. The molecule has 0 N–H and O–H groups in total. The Morgan fingerprint density at radius 2 is 1.09 bits per heavy atom. The predicted octanol–water partition coefficient (Wildman–Crippen LogP) is 15.8. The highest BCUT2D eigenvalue weighted by molar-refractivity contribution is 6.95. The molecule has 0 unspecified atom stereocenters. The van der Waals surface area contributed by atoms with Crippen LogP contribution in [0.15, 0.2) is 186 Å². The summed E-state index contributed by atoms with van der Waals surface area (Å²) in [4.78, 5) is 5.14. The van der Waals surface area contributed by atoms with Crippen molar-refractivity contribution in [3.63, 3.8) is 0 Å². The van der Waals surface area contributed by atoms with Crippen LogP contribution in [0.4, 0.5) is 28.6 Å². The number of fused-ring (bicyclic) bond motifs is 7. The Morgan fingerprint density at radius 1 is 0.470 bits per heavy atom. The second-order valence-electron chi connectivity index (χ2n) is 21.2. The summed E-state index contributed by atoms with van der Waals surface area (Å²) in [6, 6.07) is 67.9. The molecule has 0 saturated heterocycles. The fourth-order valence-electron chi connectivity index (χ4n) is 11.3. The average molecular weight is 855 g/mol. The van der Waals surface area contributed by atoms with E-state index in [4.69, 9.17) is 4.42 Å². The minimum atomic E-state index is -0.208. The summed E-state index contributed by atoms with van der Waals surface area (Å²) in [5.41, 5.74) is 21.8. The van der Waals surface area contributed by atoms with Crippen molar-refractivity contribution >= 4 is 57.4 Å². The smallest absolute Gasteiger partial charge is 0.337 e. The normalized spacial score (nSPS) is 15.5. The number of benzene rings is 8. The van der Waals surface area contributed by atoms with Crippen LogP contribution >= 0.6 is 0 Å². The van der Waals surface area contributed by atoms with E-state index in [1.165, 1.54) is 89.9 Å². The van der Waals surface area contributed by atoms with Crippen molar-refractivity contribution in [1.82, 2.24) is 0 Å². The van der Waals surface area contributed by atoms with Crippen LogP contribution in [0.5, 0.6) is 0 Å². The molecular weight excluding hydrogens is 800 g/mol. The Balaban J connectivity index is 1.22. The van der Waals surface area contributed by atoms with Crippen molar-refractivity contribution in [1.29, 1.82) is 0 Å². The summed E-state index contributed by atoms with van der Waals surface area (Å²) in [6.45, 7) is 16.4. The highest BCUT2D eigenvalue weighted by atomic mass is 16.4. The van der Waals surface area contributed by atoms with Crippen molar-refractivity contribution in [3.8, 4) is 44.5 Å². The van der Waals surface area contributed by atoms with Crippen molar-refractivity contribution in [2.24, 2.45) is 0 Å². The van der Waals surface area contributed by atoms with Crippen LogP contribution in [-0.4, -0.2) is 6.85 Å². The van der Waals surface area contributed by atoms with Gasteiger partial charge in [0.15, 0.2) is 0 Å². The highest BCUT2D eigenvalue weighted by Gasteiger charge is 2.49. The minimum absolute atomic E-state index is 0.0307. The van der Waals surface area contributed by atoms with Gasteiger partial charge in [-0.25, -0.2) is 0 Å². The van der Waals surface area contributed by atoms with Gasteiger partial charge in [0.05, 0.1) is 5.69 Å². The summed E-state index contributed by atoms with van der Waals surface area (Å²) >= 11 is 0. The number of hydrogen-bond acceptors (Lipinski definition) is 3.